The molecule has 0 spiro atoms. The lowest BCUT2D eigenvalue weighted by molar-refractivity contribution is -0.870. The Labute approximate surface area is 515 Å². The number of ether oxygens (including phenoxy) is 2. The van der Waals surface area contributed by atoms with Crippen LogP contribution in [0.1, 0.15) is 354 Å². The molecular weight excluding hydrogens is 1050 g/mol. The third-order valence-electron chi connectivity index (χ3n) is 16.1. The molecule has 83 heavy (non-hydrogen) atoms. The summed E-state index contributed by atoms with van der Waals surface area (Å²) in [7, 11) is 1.17. The van der Waals surface area contributed by atoms with Gasteiger partial charge in [0.15, 0.2) is 6.10 Å². The van der Waals surface area contributed by atoms with E-state index in [2.05, 4.69) is 62.5 Å². The molecule has 10 heteroatoms. The van der Waals surface area contributed by atoms with Crippen LogP contribution in [0, 0.1) is 0 Å². The molecule has 488 valence electrons. The highest BCUT2D eigenvalue weighted by Gasteiger charge is 2.22. The topological polar surface area (TPSA) is 111 Å². The summed E-state index contributed by atoms with van der Waals surface area (Å²) in [5.41, 5.74) is 0. The minimum atomic E-state index is -4.64. The Hall–Kier alpha value is -2.03. The average Bonchev–Trinajstić information content (AvgIpc) is 3.49. The van der Waals surface area contributed by atoms with Crippen LogP contribution >= 0.6 is 7.82 Å². The fourth-order valence-electron chi connectivity index (χ4n) is 10.7. The van der Waals surface area contributed by atoms with E-state index in [0.29, 0.717) is 17.4 Å². The van der Waals surface area contributed by atoms with Gasteiger partial charge in [0.2, 0.25) is 0 Å². The van der Waals surface area contributed by atoms with Crippen LogP contribution in [0.5, 0.6) is 0 Å². The third-order valence-corrected chi connectivity index (χ3v) is 17.1. The van der Waals surface area contributed by atoms with Crippen LogP contribution in [0.4, 0.5) is 0 Å². The number of unbranched alkanes of at least 4 members (excludes halogenated alkanes) is 45. The van der Waals surface area contributed by atoms with Gasteiger partial charge in [0, 0.05) is 12.8 Å². The van der Waals surface area contributed by atoms with E-state index >= 15 is 0 Å². The molecule has 0 fully saturated rings. The third kappa shape index (κ3) is 68.9. The van der Waals surface area contributed by atoms with Gasteiger partial charge >= 0.3 is 11.9 Å². The van der Waals surface area contributed by atoms with Crippen LogP contribution in [0.3, 0.4) is 0 Å². The van der Waals surface area contributed by atoms with E-state index in [1.54, 1.807) is 0 Å². The molecule has 0 saturated heterocycles. The van der Waals surface area contributed by atoms with Crippen LogP contribution in [0.15, 0.2) is 48.6 Å². The number of allylic oxidation sites excluding steroid dienone is 8. The normalized spacial score (nSPS) is 13.4. The molecule has 0 aromatic rings. The zero-order valence-electron chi connectivity index (χ0n) is 55.7. The lowest BCUT2D eigenvalue weighted by Crippen LogP contribution is -2.37. The van der Waals surface area contributed by atoms with E-state index in [1.165, 1.54) is 250 Å². The summed E-state index contributed by atoms with van der Waals surface area (Å²) < 4.78 is 34.3. The number of carbonyl (C=O) groups excluding carboxylic acids is 2. The van der Waals surface area contributed by atoms with Crippen molar-refractivity contribution in [2.45, 2.75) is 360 Å². The first-order valence-corrected chi connectivity index (χ1v) is 37.3. The van der Waals surface area contributed by atoms with Gasteiger partial charge in [0.25, 0.3) is 7.82 Å². The molecule has 0 radical (unpaired) electrons. The highest BCUT2D eigenvalue weighted by molar-refractivity contribution is 7.45. The molecule has 0 bridgehead atoms. The first kappa shape index (κ1) is 81.0. The summed E-state index contributed by atoms with van der Waals surface area (Å²) in [6.07, 6.45) is 83.7. The number of nitrogens with zero attached hydrogens (tertiary/aromatic N) is 1. The smallest absolute Gasteiger partial charge is 0.306 e. The minimum absolute atomic E-state index is 0.0322. The van der Waals surface area contributed by atoms with Crippen LogP contribution in [0.2, 0.25) is 0 Å². The van der Waals surface area contributed by atoms with E-state index in [0.717, 1.165) is 70.6 Å². The van der Waals surface area contributed by atoms with Crippen LogP contribution in [0.25, 0.3) is 0 Å². The van der Waals surface area contributed by atoms with Crippen molar-refractivity contribution in [2.24, 2.45) is 0 Å². The maximum Gasteiger partial charge on any atom is 0.306 e. The molecule has 0 aliphatic heterocycles. The lowest BCUT2D eigenvalue weighted by atomic mass is 10.0. The van der Waals surface area contributed by atoms with Crippen LogP contribution in [-0.2, 0) is 32.7 Å². The molecule has 0 aliphatic carbocycles. The standard InChI is InChI=1S/C73H138NO8P/c1-6-8-10-12-14-16-18-20-22-24-26-28-29-30-31-32-33-34-35-36-37-38-39-40-41-42-43-44-46-47-49-51-53-55-57-59-61-63-65-72(75)79-69-71(70-81-83(77,78)80-68-67-74(3,4)5)82-73(76)66-64-62-60-58-56-54-52-50-48-45-27-25-23-21-19-17-15-13-11-9-7-2/h9,11,15,17,21,23,27,45,71H,6-8,10,12-14,16,18-20,22,24-26,28-44,46-70H2,1-5H3/b11-9-,17-15-,23-21-,45-27-. The van der Waals surface area contributed by atoms with E-state index in [1.807, 2.05) is 21.1 Å². The number of carbonyl (C=O) groups is 2. The molecule has 0 aromatic carbocycles. The minimum Gasteiger partial charge on any atom is -0.756 e. The van der Waals surface area contributed by atoms with Gasteiger partial charge in [-0.05, 0) is 51.4 Å². The van der Waals surface area contributed by atoms with Crippen LogP contribution < -0.4 is 4.89 Å². The largest absolute Gasteiger partial charge is 0.756 e. The number of likely N-dealkylation sites (N-methyl/N-ethyl adjacent to an activating group) is 1. The molecule has 0 N–H and O–H groups in total. The second-order valence-electron chi connectivity index (χ2n) is 25.6. The van der Waals surface area contributed by atoms with Crippen LogP contribution in [-0.4, -0.2) is 70.0 Å². The first-order valence-electron chi connectivity index (χ1n) is 35.8. The Morgan fingerprint density at radius 3 is 1.02 bits per heavy atom. The molecule has 0 amide bonds. The predicted octanol–water partition coefficient (Wildman–Crippen LogP) is 22.6. The lowest BCUT2D eigenvalue weighted by Gasteiger charge is -2.28. The molecule has 2 atom stereocenters. The molecule has 0 aliphatic rings. The Kier molecular flexibility index (Phi) is 62.9. The van der Waals surface area contributed by atoms with Gasteiger partial charge in [-0.1, -0.05) is 339 Å². The van der Waals surface area contributed by atoms with Gasteiger partial charge in [-0.3, -0.25) is 14.2 Å². The number of phosphoric ester groups is 1. The van der Waals surface area contributed by atoms with Crippen molar-refractivity contribution < 1.29 is 42.1 Å². The second kappa shape index (κ2) is 64.4. The summed E-state index contributed by atoms with van der Waals surface area (Å²) >= 11 is 0. The zero-order valence-corrected chi connectivity index (χ0v) is 56.6. The van der Waals surface area contributed by atoms with Gasteiger partial charge in [-0.15, -0.1) is 0 Å². The maximum atomic E-state index is 12.8. The van der Waals surface area contributed by atoms with Crippen molar-refractivity contribution in [1.82, 2.24) is 0 Å². The van der Waals surface area contributed by atoms with Gasteiger partial charge in [0.1, 0.15) is 19.8 Å². The number of esters is 2. The number of phosphoric acid groups is 1. The Bertz CT molecular complexity index is 1540. The summed E-state index contributed by atoms with van der Waals surface area (Å²) in [6, 6.07) is 0. The fourth-order valence-corrected chi connectivity index (χ4v) is 11.4. The molecule has 0 saturated carbocycles. The molecule has 9 nitrogen and oxygen atoms in total. The molecule has 0 aromatic heterocycles. The number of hydrogen-bond donors (Lipinski definition) is 0. The summed E-state index contributed by atoms with van der Waals surface area (Å²) in [4.78, 5) is 38.0. The van der Waals surface area contributed by atoms with Gasteiger partial charge in [0.05, 0.1) is 27.7 Å². The summed E-state index contributed by atoms with van der Waals surface area (Å²) in [5, 5.41) is 0. The van der Waals surface area contributed by atoms with E-state index in [-0.39, 0.29) is 32.0 Å². The molecule has 0 heterocycles. The monoisotopic (exact) mass is 1190 g/mol. The number of rotatable bonds is 67. The highest BCUT2D eigenvalue weighted by atomic mass is 31.2. The van der Waals surface area contributed by atoms with Crippen molar-refractivity contribution >= 4 is 19.8 Å². The van der Waals surface area contributed by atoms with Gasteiger partial charge in [-0.2, -0.15) is 0 Å². The van der Waals surface area contributed by atoms with Crippen molar-refractivity contribution in [3.63, 3.8) is 0 Å². The molecule has 2 unspecified atom stereocenters. The Balaban J connectivity index is 3.91. The maximum absolute atomic E-state index is 12.8. The van der Waals surface area contributed by atoms with Gasteiger partial charge in [-0.25, -0.2) is 0 Å². The van der Waals surface area contributed by atoms with Crippen molar-refractivity contribution in [1.29, 1.82) is 0 Å². The second-order valence-corrected chi connectivity index (χ2v) is 27.0. The quantitative estimate of drug-likeness (QED) is 0.0195. The number of hydrogen-bond acceptors (Lipinski definition) is 8. The molecular formula is C73H138NO8P. The predicted molar refractivity (Wildman–Crippen MR) is 356 cm³/mol. The van der Waals surface area contributed by atoms with E-state index in [9.17, 15) is 19.0 Å². The van der Waals surface area contributed by atoms with E-state index in [4.69, 9.17) is 18.5 Å². The SMILES string of the molecule is CC/C=C\C/C=C\C/C=C\C/C=C\CCCCCCCCCCC(=O)OC(COC(=O)CCCCCCCCCCCCCCCCCCCCCCCCCCCCCCCCCCCCCCCC)COP(=O)([O-])OCC[N+](C)(C)C. The van der Waals surface area contributed by atoms with Gasteiger partial charge < -0.3 is 27.9 Å². The zero-order chi connectivity index (χ0) is 60.5. The molecule has 0 rings (SSSR count). The average molecular weight is 1190 g/mol. The highest BCUT2D eigenvalue weighted by Crippen LogP contribution is 2.38. The van der Waals surface area contributed by atoms with Crippen molar-refractivity contribution in [2.75, 3.05) is 47.5 Å². The number of quaternary nitrogens is 1. The fraction of sp³-hybridized carbons (Fsp3) is 0.863. The van der Waals surface area contributed by atoms with E-state index < -0.39 is 26.5 Å². The first-order chi connectivity index (χ1) is 40.5. The van der Waals surface area contributed by atoms with Crippen molar-refractivity contribution in [3.8, 4) is 0 Å². The Morgan fingerprint density at radius 1 is 0.386 bits per heavy atom. The van der Waals surface area contributed by atoms with Crippen molar-refractivity contribution in [3.05, 3.63) is 48.6 Å². The Morgan fingerprint density at radius 2 is 0.687 bits per heavy atom. The summed E-state index contributed by atoms with van der Waals surface area (Å²) in [5.74, 6) is -0.828. The summed E-state index contributed by atoms with van der Waals surface area (Å²) in [6.45, 7) is 4.17.